The van der Waals surface area contributed by atoms with Crippen LogP contribution in [0.4, 0.5) is 0 Å². The summed E-state index contributed by atoms with van der Waals surface area (Å²) in [5.41, 5.74) is 0. The molecule has 13 heteroatoms. The van der Waals surface area contributed by atoms with E-state index in [-0.39, 0.29) is 48.5 Å². The van der Waals surface area contributed by atoms with E-state index in [0.29, 0.717) is 6.42 Å². The van der Waals surface area contributed by atoms with Crippen molar-refractivity contribution in [2.24, 2.45) is 0 Å². The topological polar surface area (TPSA) is 211 Å². The maximum atomic E-state index is 10.1. The van der Waals surface area contributed by atoms with E-state index in [1.54, 1.807) is 0 Å². The van der Waals surface area contributed by atoms with Crippen LogP contribution in [0.3, 0.4) is 0 Å². The Balaban J connectivity index is -0.000000162. The molecule has 0 heterocycles. The van der Waals surface area contributed by atoms with Gasteiger partial charge in [-0.3, -0.25) is 13.3 Å². The summed E-state index contributed by atoms with van der Waals surface area (Å²) in [6.07, 6.45) is 13.1. The first-order valence-electron chi connectivity index (χ1n) is 7.86. The molecule has 0 bridgehead atoms. The molecule has 0 unspecified atom stereocenters. The van der Waals surface area contributed by atoms with E-state index in [1.165, 1.54) is 51.4 Å². The van der Waals surface area contributed by atoms with Crippen molar-refractivity contribution < 1.29 is 64.2 Å². The summed E-state index contributed by atoms with van der Waals surface area (Å²) in [5, 5.41) is 0. The molecule has 0 spiro atoms. The Bertz CT molecular complexity index is 453. The van der Waals surface area contributed by atoms with E-state index in [1.807, 2.05) is 0 Å². The van der Waals surface area contributed by atoms with Gasteiger partial charge in [-0.15, -0.1) is 0 Å². The molecule has 0 aliphatic rings. The molecular formula is C13H35N2NaO8S2. The van der Waals surface area contributed by atoms with Crippen LogP contribution in [0, 0.1) is 0 Å². The SMILES string of the molecule is CCCCCCCCCCCCCOS(=O)(=O)[O-].N.N.O=S(=O)(O)O.[Na+]. The Morgan fingerprint density at radius 2 is 1.00 bits per heavy atom. The minimum absolute atomic E-state index is 0. The number of hydrogen-bond donors (Lipinski definition) is 4. The van der Waals surface area contributed by atoms with E-state index in [0.717, 1.165) is 12.8 Å². The molecule has 0 fully saturated rings. The minimum atomic E-state index is -4.67. The van der Waals surface area contributed by atoms with Crippen molar-refractivity contribution in [3.8, 4) is 0 Å². The number of hydrogen-bond acceptors (Lipinski definition) is 8. The number of rotatable bonds is 13. The fraction of sp³-hybridized carbons (Fsp3) is 1.00. The van der Waals surface area contributed by atoms with Crippen molar-refractivity contribution in [1.29, 1.82) is 0 Å². The Labute approximate surface area is 180 Å². The first-order valence-corrected chi connectivity index (χ1v) is 10.6. The molecule has 8 N–H and O–H groups in total. The zero-order valence-corrected chi connectivity index (χ0v) is 19.7. The van der Waals surface area contributed by atoms with Gasteiger partial charge < -0.3 is 16.9 Å². The first-order chi connectivity index (χ1) is 10.6. The molecule has 0 amide bonds. The maximum Gasteiger partial charge on any atom is 1.00 e. The molecule has 10 nitrogen and oxygen atoms in total. The molecule has 0 saturated heterocycles. The van der Waals surface area contributed by atoms with Crippen molar-refractivity contribution in [3.63, 3.8) is 0 Å². The zero-order chi connectivity index (χ0) is 18.2. The van der Waals surface area contributed by atoms with Crippen LogP contribution in [0.25, 0.3) is 0 Å². The van der Waals surface area contributed by atoms with Crippen molar-refractivity contribution in [1.82, 2.24) is 12.3 Å². The second kappa shape index (κ2) is 23.7. The Hall–Kier alpha value is 0.660. The smallest absolute Gasteiger partial charge is 0.726 e. The largest absolute Gasteiger partial charge is 1.00 e. The van der Waals surface area contributed by atoms with Gasteiger partial charge in [-0.25, -0.2) is 8.42 Å². The second-order valence-electron chi connectivity index (χ2n) is 5.21. The van der Waals surface area contributed by atoms with Crippen LogP contribution in [0.15, 0.2) is 0 Å². The van der Waals surface area contributed by atoms with Crippen molar-refractivity contribution >= 4 is 20.8 Å². The third kappa shape index (κ3) is 56.3. The molecule has 0 radical (unpaired) electrons. The van der Waals surface area contributed by atoms with Crippen LogP contribution in [-0.4, -0.2) is 37.1 Å². The Morgan fingerprint density at radius 3 is 1.27 bits per heavy atom. The van der Waals surface area contributed by atoms with Crippen molar-refractivity contribution in [3.05, 3.63) is 0 Å². The summed E-state index contributed by atoms with van der Waals surface area (Å²) in [5.74, 6) is 0. The molecule has 0 aliphatic carbocycles. The van der Waals surface area contributed by atoms with Crippen LogP contribution in [0.2, 0.25) is 0 Å². The van der Waals surface area contributed by atoms with Gasteiger partial charge in [0.05, 0.1) is 6.61 Å². The van der Waals surface area contributed by atoms with Gasteiger partial charge >= 0.3 is 40.0 Å². The summed E-state index contributed by atoms with van der Waals surface area (Å²) in [6.45, 7) is 2.25. The first kappa shape index (κ1) is 37.4. The molecule has 0 saturated carbocycles. The van der Waals surface area contributed by atoms with Gasteiger partial charge in [0.25, 0.3) is 0 Å². The Kier molecular flexibility index (Phi) is 34.1. The molecule has 0 rings (SSSR count). The molecule has 0 aromatic carbocycles. The van der Waals surface area contributed by atoms with E-state index in [2.05, 4.69) is 11.1 Å². The molecular weight excluding hydrogens is 399 g/mol. The third-order valence-corrected chi connectivity index (χ3v) is 3.43. The quantitative estimate of drug-likeness (QED) is 0.136. The van der Waals surface area contributed by atoms with Crippen molar-refractivity contribution in [2.45, 2.75) is 77.6 Å². The minimum Gasteiger partial charge on any atom is -0.726 e. The van der Waals surface area contributed by atoms with E-state index < -0.39 is 20.8 Å². The van der Waals surface area contributed by atoms with Gasteiger partial charge in [0.2, 0.25) is 10.4 Å². The molecule has 0 aromatic rings. The zero-order valence-electron chi connectivity index (χ0n) is 16.1. The third-order valence-electron chi connectivity index (χ3n) is 2.98. The summed E-state index contributed by atoms with van der Waals surface area (Å²) >= 11 is 0. The van der Waals surface area contributed by atoms with Crippen LogP contribution >= 0.6 is 0 Å². The summed E-state index contributed by atoms with van der Waals surface area (Å²) < 4.78 is 66.1. The van der Waals surface area contributed by atoms with Crippen molar-refractivity contribution in [2.75, 3.05) is 6.61 Å². The second-order valence-corrected chi connectivity index (χ2v) is 7.16. The van der Waals surface area contributed by atoms with E-state index in [4.69, 9.17) is 17.5 Å². The Morgan fingerprint density at radius 1 is 0.731 bits per heavy atom. The normalized spacial score (nSPS) is 10.5. The van der Waals surface area contributed by atoms with Gasteiger partial charge in [-0.2, -0.15) is 8.42 Å². The van der Waals surface area contributed by atoms with Gasteiger partial charge in [0.15, 0.2) is 0 Å². The van der Waals surface area contributed by atoms with Gasteiger partial charge in [0, 0.05) is 0 Å². The van der Waals surface area contributed by atoms with Crippen LogP contribution in [-0.2, 0) is 25.0 Å². The van der Waals surface area contributed by atoms with Crippen LogP contribution < -0.4 is 41.9 Å². The van der Waals surface area contributed by atoms with Gasteiger partial charge in [0.1, 0.15) is 0 Å². The predicted molar refractivity (Wildman–Crippen MR) is 96.3 cm³/mol. The monoisotopic (exact) mass is 434 g/mol. The summed E-state index contributed by atoms with van der Waals surface area (Å²) in [4.78, 5) is 0. The molecule has 26 heavy (non-hydrogen) atoms. The van der Waals surface area contributed by atoms with Gasteiger partial charge in [-0.1, -0.05) is 71.1 Å². The average Bonchev–Trinajstić information content (AvgIpc) is 2.37. The van der Waals surface area contributed by atoms with E-state index >= 15 is 0 Å². The standard InChI is InChI=1S/C13H28O4S.2H3N.Na.H2O4S/c1-2-3-4-5-6-7-8-9-10-11-12-13-17-18(14,15)16;;;;1-5(2,3)4/h2-13H2,1H3,(H,14,15,16);2*1H3;;(H2,1,2,3,4)/q;;;+1;/p-1. The average molecular weight is 435 g/mol. The maximum absolute atomic E-state index is 10.1. The molecule has 0 aliphatic heterocycles. The summed E-state index contributed by atoms with van der Waals surface area (Å²) in [7, 11) is -9.15. The summed E-state index contributed by atoms with van der Waals surface area (Å²) in [6, 6.07) is 0. The molecule has 0 atom stereocenters. The van der Waals surface area contributed by atoms with Crippen LogP contribution in [0.5, 0.6) is 0 Å². The van der Waals surface area contributed by atoms with Gasteiger partial charge in [-0.05, 0) is 6.42 Å². The predicted octanol–water partition coefficient (Wildman–Crippen LogP) is 0.449. The van der Waals surface area contributed by atoms with E-state index in [9.17, 15) is 13.0 Å². The van der Waals surface area contributed by atoms with Crippen LogP contribution in [0.1, 0.15) is 77.6 Å². The fourth-order valence-electron chi connectivity index (χ4n) is 1.93. The number of unbranched alkanes of at least 4 members (excludes halogenated alkanes) is 10. The molecule has 158 valence electrons. The molecule has 0 aromatic heterocycles. The fourth-order valence-corrected chi connectivity index (χ4v) is 2.25.